The lowest BCUT2D eigenvalue weighted by atomic mass is 10.1. The maximum absolute atomic E-state index is 5.08. The smallest absolute Gasteiger partial charge is 0.0613 e. The van der Waals surface area contributed by atoms with E-state index in [4.69, 9.17) is 4.74 Å². The van der Waals surface area contributed by atoms with E-state index in [-0.39, 0.29) is 0 Å². The topological polar surface area (TPSA) is 39.1 Å². The monoisotopic (exact) mass is 259 g/mol. The lowest BCUT2D eigenvalue weighted by Gasteiger charge is -2.12. The summed E-state index contributed by atoms with van der Waals surface area (Å²) in [7, 11) is 1.72. The molecule has 1 heterocycles. The molecule has 0 aliphatic heterocycles. The van der Waals surface area contributed by atoms with Gasteiger partial charge in [-0.2, -0.15) is 5.10 Å². The number of methoxy groups -OCH3 is 1. The van der Waals surface area contributed by atoms with Crippen LogP contribution in [0.4, 0.5) is 0 Å². The molecule has 4 nitrogen and oxygen atoms in total. The van der Waals surface area contributed by atoms with Crippen LogP contribution in [-0.2, 0) is 11.3 Å². The van der Waals surface area contributed by atoms with Crippen molar-refractivity contribution in [3.05, 3.63) is 42.7 Å². The molecule has 1 unspecified atom stereocenters. The van der Waals surface area contributed by atoms with Gasteiger partial charge in [0.25, 0.3) is 0 Å². The number of rotatable bonds is 7. The van der Waals surface area contributed by atoms with Crippen LogP contribution in [0, 0.1) is 0 Å². The van der Waals surface area contributed by atoms with Crippen LogP contribution in [0.1, 0.15) is 6.92 Å². The Kier molecular flexibility index (Phi) is 5.12. The van der Waals surface area contributed by atoms with Crippen molar-refractivity contribution in [2.45, 2.75) is 19.5 Å². The summed E-state index contributed by atoms with van der Waals surface area (Å²) < 4.78 is 7.05. The fourth-order valence-corrected chi connectivity index (χ4v) is 2.00. The average molecular weight is 259 g/mol. The number of aromatic nitrogens is 2. The SMILES string of the molecule is COCC(C)NCCn1cc(-c2ccccc2)cn1. The molecular weight excluding hydrogens is 238 g/mol. The van der Waals surface area contributed by atoms with Gasteiger partial charge in [-0.1, -0.05) is 30.3 Å². The molecular formula is C15H21N3O. The summed E-state index contributed by atoms with van der Waals surface area (Å²) >= 11 is 0. The first-order valence-corrected chi connectivity index (χ1v) is 6.60. The first kappa shape index (κ1) is 13.8. The normalized spacial score (nSPS) is 12.5. The van der Waals surface area contributed by atoms with E-state index >= 15 is 0 Å². The van der Waals surface area contributed by atoms with Gasteiger partial charge in [-0.05, 0) is 12.5 Å². The molecule has 2 rings (SSSR count). The summed E-state index contributed by atoms with van der Waals surface area (Å²) in [6.45, 7) is 4.59. The largest absolute Gasteiger partial charge is 0.383 e. The number of hydrogen-bond acceptors (Lipinski definition) is 3. The van der Waals surface area contributed by atoms with Gasteiger partial charge in [-0.3, -0.25) is 4.68 Å². The van der Waals surface area contributed by atoms with Gasteiger partial charge in [0.05, 0.1) is 19.3 Å². The Bertz CT molecular complexity index is 481. The maximum Gasteiger partial charge on any atom is 0.0613 e. The molecule has 0 fully saturated rings. The van der Waals surface area contributed by atoms with Crippen LogP contribution >= 0.6 is 0 Å². The van der Waals surface area contributed by atoms with Crippen LogP contribution in [0.15, 0.2) is 42.7 Å². The molecule has 1 aromatic heterocycles. The lowest BCUT2D eigenvalue weighted by Crippen LogP contribution is -2.32. The van der Waals surface area contributed by atoms with Crippen LogP contribution in [0.25, 0.3) is 11.1 Å². The van der Waals surface area contributed by atoms with E-state index in [2.05, 4.69) is 35.7 Å². The summed E-state index contributed by atoms with van der Waals surface area (Å²) in [6, 6.07) is 10.7. The standard InChI is InChI=1S/C15H21N3O/c1-13(12-19-2)16-8-9-18-11-15(10-17-18)14-6-4-3-5-7-14/h3-7,10-11,13,16H,8-9,12H2,1-2H3. The minimum Gasteiger partial charge on any atom is -0.383 e. The Morgan fingerprint density at radius 1 is 1.26 bits per heavy atom. The Hall–Kier alpha value is -1.65. The summed E-state index contributed by atoms with van der Waals surface area (Å²) in [5, 5.41) is 7.78. The van der Waals surface area contributed by atoms with Gasteiger partial charge >= 0.3 is 0 Å². The molecule has 0 aliphatic carbocycles. The second kappa shape index (κ2) is 7.07. The molecule has 1 aromatic carbocycles. The molecule has 4 heteroatoms. The fraction of sp³-hybridized carbons (Fsp3) is 0.400. The number of hydrogen-bond donors (Lipinski definition) is 1. The van der Waals surface area contributed by atoms with Gasteiger partial charge in [0.2, 0.25) is 0 Å². The van der Waals surface area contributed by atoms with Crippen LogP contribution in [0.2, 0.25) is 0 Å². The molecule has 0 radical (unpaired) electrons. The molecule has 2 aromatic rings. The van der Waals surface area contributed by atoms with Crippen molar-refractivity contribution < 1.29 is 4.74 Å². The Balaban J connectivity index is 1.85. The highest BCUT2D eigenvalue weighted by atomic mass is 16.5. The highest BCUT2D eigenvalue weighted by Gasteiger charge is 2.02. The number of nitrogens with zero attached hydrogens (tertiary/aromatic N) is 2. The van der Waals surface area contributed by atoms with E-state index in [0.29, 0.717) is 6.04 Å². The summed E-state index contributed by atoms with van der Waals surface area (Å²) in [5.41, 5.74) is 2.36. The predicted octanol–water partition coefficient (Wildman–Crippen LogP) is 2.17. The van der Waals surface area contributed by atoms with Crippen molar-refractivity contribution in [2.24, 2.45) is 0 Å². The molecule has 102 valence electrons. The van der Waals surface area contributed by atoms with Crippen LogP contribution in [-0.4, -0.2) is 36.1 Å². The van der Waals surface area contributed by atoms with Crippen molar-refractivity contribution in [3.8, 4) is 11.1 Å². The van der Waals surface area contributed by atoms with Gasteiger partial charge in [-0.15, -0.1) is 0 Å². The maximum atomic E-state index is 5.08. The minimum atomic E-state index is 0.370. The molecule has 0 bridgehead atoms. The zero-order chi connectivity index (χ0) is 13.5. The Labute approximate surface area is 114 Å². The third kappa shape index (κ3) is 4.19. The summed E-state index contributed by atoms with van der Waals surface area (Å²) in [6.07, 6.45) is 3.99. The van der Waals surface area contributed by atoms with E-state index in [9.17, 15) is 0 Å². The molecule has 0 amide bonds. The number of ether oxygens (including phenoxy) is 1. The summed E-state index contributed by atoms with van der Waals surface area (Å²) in [5.74, 6) is 0. The lowest BCUT2D eigenvalue weighted by molar-refractivity contribution is 0.171. The third-order valence-electron chi connectivity index (χ3n) is 2.99. The van der Waals surface area contributed by atoms with E-state index in [1.807, 2.05) is 29.1 Å². The van der Waals surface area contributed by atoms with E-state index in [0.717, 1.165) is 25.3 Å². The zero-order valence-electron chi connectivity index (χ0n) is 11.5. The molecule has 0 spiro atoms. The van der Waals surface area contributed by atoms with E-state index in [1.165, 1.54) is 5.56 Å². The van der Waals surface area contributed by atoms with Gasteiger partial charge in [0.1, 0.15) is 0 Å². The van der Waals surface area contributed by atoms with Crippen LogP contribution in [0.5, 0.6) is 0 Å². The quantitative estimate of drug-likeness (QED) is 0.828. The molecule has 0 aliphatic rings. The number of nitrogens with one attached hydrogen (secondary N) is 1. The van der Waals surface area contributed by atoms with Gasteiger partial charge in [-0.25, -0.2) is 0 Å². The van der Waals surface area contributed by atoms with Crippen molar-refractivity contribution in [3.63, 3.8) is 0 Å². The van der Waals surface area contributed by atoms with Crippen LogP contribution in [0.3, 0.4) is 0 Å². The van der Waals surface area contributed by atoms with Crippen molar-refractivity contribution >= 4 is 0 Å². The zero-order valence-corrected chi connectivity index (χ0v) is 11.5. The number of benzene rings is 1. The highest BCUT2D eigenvalue weighted by molar-refractivity contribution is 5.61. The molecule has 19 heavy (non-hydrogen) atoms. The third-order valence-corrected chi connectivity index (χ3v) is 2.99. The molecule has 1 N–H and O–H groups in total. The van der Waals surface area contributed by atoms with Crippen molar-refractivity contribution in [1.82, 2.24) is 15.1 Å². The second-order valence-corrected chi connectivity index (χ2v) is 4.67. The average Bonchev–Trinajstić information content (AvgIpc) is 2.89. The highest BCUT2D eigenvalue weighted by Crippen LogP contribution is 2.17. The summed E-state index contributed by atoms with van der Waals surface area (Å²) in [4.78, 5) is 0. The van der Waals surface area contributed by atoms with Gasteiger partial charge in [0.15, 0.2) is 0 Å². The van der Waals surface area contributed by atoms with Gasteiger partial charge in [0, 0.05) is 31.5 Å². The molecule has 0 saturated heterocycles. The van der Waals surface area contributed by atoms with Crippen molar-refractivity contribution in [2.75, 3.05) is 20.3 Å². The first-order chi connectivity index (χ1) is 9.29. The second-order valence-electron chi connectivity index (χ2n) is 4.67. The molecule has 0 saturated carbocycles. The predicted molar refractivity (Wildman–Crippen MR) is 77.0 cm³/mol. The van der Waals surface area contributed by atoms with Gasteiger partial charge < -0.3 is 10.1 Å². The van der Waals surface area contributed by atoms with Crippen LogP contribution < -0.4 is 5.32 Å². The van der Waals surface area contributed by atoms with E-state index in [1.54, 1.807) is 7.11 Å². The Morgan fingerprint density at radius 2 is 2.05 bits per heavy atom. The minimum absolute atomic E-state index is 0.370. The fourth-order valence-electron chi connectivity index (χ4n) is 2.00. The van der Waals surface area contributed by atoms with Crippen molar-refractivity contribution in [1.29, 1.82) is 0 Å². The first-order valence-electron chi connectivity index (χ1n) is 6.60. The Morgan fingerprint density at radius 3 is 2.79 bits per heavy atom. The molecule has 1 atom stereocenters. The van der Waals surface area contributed by atoms with E-state index < -0.39 is 0 Å².